The minimum absolute atomic E-state index is 0.181. The Bertz CT molecular complexity index is 550. The molecule has 0 bridgehead atoms. The molecule has 3 rings (SSSR count). The van der Waals surface area contributed by atoms with E-state index in [0.29, 0.717) is 0 Å². The Kier molecular flexibility index (Phi) is 2.10. The van der Waals surface area contributed by atoms with Gasteiger partial charge < -0.3 is 0 Å². The number of rotatable bonds is 1. The Hall–Kier alpha value is -1.89. The number of fused-ring (bicyclic) bond motifs is 1. The molecule has 0 heterocycles. The third-order valence-corrected chi connectivity index (χ3v) is 2.98. The van der Waals surface area contributed by atoms with E-state index < -0.39 is 0 Å². The van der Waals surface area contributed by atoms with Crippen molar-refractivity contribution in [2.45, 2.75) is 6.42 Å². The minimum atomic E-state index is -0.181. The highest BCUT2D eigenvalue weighted by molar-refractivity contribution is 5.88. The SMILES string of the molecule is Fc1ccc(C2=Cc3ccccc3C2)cc1. The van der Waals surface area contributed by atoms with E-state index in [9.17, 15) is 4.39 Å². The molecular formula is C15H11F. The van der Waals surface area contributed by atoms with Crippen LogP contribution in [0.1, 0.15) is 16.7 Å². The number of benzene rings is 2. The highest BCUT2D eigenvalue weighted by atomic mass is 19.1. The first-order chi connectivity index (χ1) is 7.83. The summed E-state index contributed by atoms with van der Waals surface area (Å²) in [4.78, 5) is 0. The monoisotopic (exact) mass is 210 g/mol. The number of halogens is 1. The van der Waals surface area contributed by atoms with Crippen LogP contribution in [0.25, 0.3) is 11.6 Å². The van der Waals surface area contributed by atoms with Crippen molar-refractivity contribution >= 4 is 11.6 Å². The molecule has 0 N–H and O–H groups in total. The van der Waals surface area contributed by atoms with E-state index >= 15 is 0 Å². The van der Waals surface area contributed by atoms with Gasteiger partial charge in [0.2, 0.25) is 0 Å². The average Bonchev–Trinajstić information content (AvgIpc) is 2.73. The summed E-state index contributed by atoms with van der Waals surface area (Å²) >= 11 is 0. The summed E-state index contributed by atoms with van der Waals surface area (Å²) in [7, 11) is 0. The zero-order chi connectivity index (χ0) is 11.0. The van der Waals surface area contributed by atoms with Crippen LogP contribution in [-0.2, 0) is 6.42 Å². The fraction of sp³-hybridized carbons (Fsp3) is 0.0667. The maximum Gasteiger partial charge on any atom is 0.123 e. The van der Waals surface area contributed by atoms with Crippen LogP contribution >= 0.6 is 0 Å². The third kappa shape index (κ3) is 1.54. The molecule has 1 aliphatic rings. The van der Waals surface area contributed by atoms with Crippen molar-refractivity contribution in [3.05, 3.63) is 71.0 Å². The molecule has 0 saturated heterocycles. The molecule has 0 saturated carbocycles. The quantitative estimate of drug-likeness (QED) is 0.669. The summed E-state index contributed by atoms with van der Waals surface area (Å²) in [5.74, 6) is -0.181. The predicted molar refractivity (Wildman–Crippen MR) is 64.4 cm³/mol. The third-order valence-electron chi connectivity index (χ3n) is 2.98. The van der Waals surface area contributed by atoms with Gasteiger partial charge in [-0.3, -0.25) is 0 Å². The van der Waals surface area contributed by atoms with Crippen LogP contribution in [-0.4, -0.2) is 0 Å². The standard InChI is InChI=1S/C15H11F/c16-15-7-5-11(6-8-15)14-9-12-3-1-2-4-13(12)10-14/h1-9H,10H2. The van der Waals surface area contributed by atoms with E-state index in [0.717, 1.165) is 12.0 Å². The van der Waals surface area contributed by atoms with E-state index in [-0.39, 0.29) is 5.82 Å². The van der Waals surface area contributed by atoms with Crippen molar-refractivity contribution in [3.8, 4) is 0 Å². The van der Waals surface area contributed by atoms with Gasteiger partial charge >= 0.3 is 0 Å². The summed E-state index contributed by atoms with van der Waals surface area (Å²) in [6.45, 7) is 0. The molecule has 2 aromatic rings. The molecule has 0 fully saturated rings. The smallest absolute Gasteiger partial charge is 0.123 e. The molecule has 0 aromatic heterocycles. The van der Waals surface area contributed by atoms with Crippen molar-refractivity contribution in [2.75, 3.05) is 0 Å². The minimum Gasteiger partial charge on any atom is -0.207 e. The number of hydrogen-bond donors (Lipinski definition) is 0. The molecule has 0 amide bonds. The normalized spacial score (nSPS) is 13.4. The first-order valence-electron chi connectivity index (χ1n) is 5.37. The lowest BCUT2D eigenvalue weighted by atomic mass is 10.0. The molecule has 0 nitrogen and oxygen atoms in total. The molecular weight excluding hydrogens is 199 g/mol. The van der Waals surface area contributed by atoms with Crippen LogP contribution in [0, 0.1) is 5.82 Å². The summed E-state index contributed by atoms with van der Waals surface area (Å²) < 4.78 is 12.8. The van der Waals surface area contributed by atoms with Crippen molar-refractivity contribution in [3.63, 3.8) is 0 Å². The molecule has 1 heteroatoms. The van der Waals surface area contributed by atoms with Gasteiger partial charge in [0.25, 0.3) is 0 Å². The Balaban J connectivity index is 1.98. The fourth-order valence-electron chi connectivity index (χ4n) is 2.13. The topological polar surface area (TPSA) is 0 Å². The largest absolute Gasteiger partial charge is 0.207 e. The fourth-order valence-corrected chi connectivity index (χ4v) is 2.13. The summed E-state index contributed by atoms with van der Waals surface area (Å²) in [5.41, 5.74) is 5.00. The lowest BCUT2D eigenvalue weighted by Crippen LogP contribution is -1.85. The molecule has 2 aromatic carbocycles. The lowest BCUT2D eigenvalue weighted by molar-refractivity contribution is 0.627. The van der Waals surface area contributed by atoms with E-state index in [1.165, 1.54) is 28.8 Å². The van der Waals surface area contributed by atoms with Crippen LogP contribution in [0.15, 0.2) is 48.5 Å². The van der Waals surface area contributed by atoms with Gasteiger partial charge in [-0.15, -0.1) is 0 Å². The number of allylic oxidation sites excluding steroid dienone is 1. The highest BCUT2D eigenvalue weighted by Gasteiger charge is 2.12. The molecule has 0 aliphatic heterocycles. The van der Waals surface area contributed by atoms with Crippen LogP contribution in [0.4, 0.5) is 4.39 Å². The Morgan fingerprint density at radius 2 is 1.62 bits per heavy atom. The van der Waals surface area contributed by atoms with Crippen molar-refractivity contribution in [1.82, 2.24) is 0 Å². The molecule has 78 valence electrons. The Morgan fingerprint density at radius 3 is 2.38 bits per heavy atom. The van der Waals surface area contributed by atoms with Crippen LogP contribution in [0.2, 0.25) is 0 Å². The van der Waals surface area contributed by atoms with E-state index in [4.69, 9.17) is 0 Å². The first-order valence-corrected chi connectivity index (χ1v) is 5.37. The maximum absolute atomic E-state index is 12.8. The van der Waals surface area contributed by atoms with Gasteiger partial charge in [0.1, 0.15) is 5.82 Å². The summed E-state index contributed by atoms with van der Waals surface area (Å²) in [6, 6.07) is 15.1. The molecule has 16 heavy (non-hydrogen) atoms. The van der Waals surface area contributed by atoms with Crippen molar-refractivity contribution < 1.29 is 4.39 Å². The van der Waals surface area contributed by atoms with E-state index in [1.54, 1.807) is 0 Å². The van der Waals surface area contributed by atoms with Gasteiger partial charge in [-0.25, -0.2) is 4.39 Å². The second kappa shape index (κ2) is 3.60. The highest BCUT2D eigenvalue weighted by Crippen LogP contribution is 2.31. The van der Waals surface area contributed by atoms with Gasteiger partial charge in [0.05, 0.1) is 0 Å². The lowest BCUT2D eigenvalue weighted by Gasteiger charge is -2.01. The average molecular weight is 210 g/mol. The summed E-state index contributed by atoms with van der Waals surface area (Å²) in [5, 5.41) is 0. The molecule has 0 atom stereocenters. The Labute approximate surface area is 94.1 Å². The van der Waals surface area contributed by atoms with E-state index in [2.05, 4.69) is 24.3 Å². The zero-order valence-corrected chi connectivity index (χ0v) is 8.78. The van der Waals surface area contributed by atoms with Gasteiger partial charge in [-0.2, -0.15) is 0 Å². The van der Waals surface area contributed by atoms with Crippen molar-refractivity contribution in [1.29, 1.82) is 0 Å². The van der Waals surface area contributed by atoms with Crippen LogP contribution in [0.3, 0.4) is 0 Å². The maximum atomic E-state index is 12.8. The van der Waals surface area contributed by atoms with Crippen LogP contribution in [0.5, 0.6) is 0 Å². The van der Waals surface area contributed by atoms with Gasteiger partial charge in [-0.1, -0.05) is 42.5 Å². The van der Waals surface area contributed by atoms with E-state index in [1.807, 2.05) is 18.2 Å². The Morgan fingerprint density at radius 1 is 0.875 bits per heavy atom. The predicted octanol–water partition coefficient (Wildman–Crippen LogP) is 3.92. The van der Waals surface area contributed by atoms with Gasteiger partial charge in [-0.05, 0) is 40.8 Å². The molecule has 1 aliphatic carbocycles. The van der Waals surface area contributed by atoms with Gasteiger partial charge in [0.15, 0.2) is 0 Å². The second-order valence-corrected chi connectivity index (χ2v) is 4.05. The molecule has 0 radical (unpaired) electrons. The van der Waals surface area contributed by atoms with Crippen LogP contribution < -0.4 is 0 Å². The zero-order valence-electron chi connectivity index (χ0n) is 8.78. The molecule has 0 spiro atoms. The second-order valence-electron chi connectivity index (χ2n) is 4.05. The molecule has 0 unspecified atom stereocenters. The number of hydrogen-bond acceptors (Lipinski definition) is 0. The first kappa shape index (κ1) is 9.34. The summed E-state index contributed by atoms with van der Waals surface area (Å²) in [6.07, 6.45) is 3.13. The van der Waals surface area contributed by atoms with Crippen molar-refractivity contribution in [2.24, 2.45) is 0 Å². The van der Waals surface area contributed by atoms with Gasteiger partial charge in [0, 0.05) is 0 Å².